The molecule has 2 heterocycles. The molecule has 1 aromatic heterocycles. The van der Waals surface area contributed by atoms with Crippen molar-refractivity contribution in [1.82, 2.24) is 24.9 Å². The molecule has 1 N–H and O–H groups in total. The van der Waals surface area contributed by atoms with Gasteiger partial charge in [-0.05, 0) is 44.4 Å². The predicted octanol–water partition coefficient (Wildman–Crippen LogP) is 2.55. The molecule has 0 saturated heterocycles. The van der Waals surface area contributed by atoms with Gasteiger partial charge in [-0.1, -0.05) is 27.7 Å². The number of nitrogens with one attached hydrogen (secondary N) is 1. The Balaban J connectivity index is 1.88. The second-order valence-corrected chi connectivity index (χ2v) is 10.3. The van der Waals surface area contributed by atoms with E-state index < -0.39 is 0 Å². The van der Waals surface area contributed by atoms with E-state index in [1.165, 1.54) is 0 Å². The molecule has 8 heteroatoms. The summed E-state index contributed by atoms with van der Waals surface area (Å²) < 4.78 is 1.83. The van der Waals surface area contributed by atoms with Gasteiger partial charge in [0.1, 0.15) is 0 Å². The summed E-state index contributed by atoms with van der Waals surface area (Å²) in [7, 11) is 1.89. The Labute approximate surface area is 198 Å². The number of hydrogen-bond acceptors (Lipinski definition) is 4. The van der Waals surface area contributed by atoms with Gasteiger partial charge in [0.05, 0.1) is 0 Å². The summed E-state index contributed by atoms with van der Waals surface area (Å²) in [5.74, 6) is 0.512. The fourth-order valence-corrected chi connectivity index (χ4v) is 4.95. The fourth-order valence-electron chi connectivity index (χ4n) is 4.95. The zero-order chi connectivity index (χ0) is 24.1. The SMILES string of the molecule is CC(C)CCN1C(=O)CCCN(C(=O)C(C)C)CCCNC(=O)c2nn(C)c3c2CC1CC3. The molecule has 1 aliphatic heterocycles. The van der Waals surface area contributed by atoms with E-state index in [1.54, 1.807) is 0 Å². The van der Waals surface area contributed by atoms with Gasteiger partial charge in [-0.3, -0.25) is 19.1 Å². The largest absolute Gasteiger partial charge is 0.351 e. The van der Waals surface area contributed by atoms with Crippen LogP contribution < -0.4 is 5.32 Å². The van der Waals surface area contributed by atoms with E-state index in [0.717, 1.165) is 37.1 Å². The summed E-state index contributed by atoms with van der Waals surface area (Å²) >= 11 is 0. The van der Waals surface area contributed by atoms with E-state index in [2.05, 4.69) is 24.3 Å². The van der Waals surface area contributed by atoms with Crippen molar-refractivity contribution in [3.8, 4) is 0 Å². The highest BCUT2D eigenvalue weighted by atomic mass is 16.2. The molecule has 1 aliphatic carbocycles. The molecule has 1 atom stereocenters. The molecule has 3 amide bonds. The molecular weight excluding hydrogens is 418 g/mol. The Hall–Kier alpha value is -2.38. The van der Waals surface area contributed by atoms with E-state index in [-0.39, 0.29) is 29.7 Å². The number of aromatic nitrogens is 2. The third kappa shape index (κ3) is 6.15. The molecule has 1 aromatic rings. The Kier molecular flexibility index (Phi) is 8.54. The molecule has 0 radical (unpaired) electrons. The lowest BCUT2D eigenvalue weighted by Crippen LogP contribution is -2.45. The molecular formula is C25H41N5O3. The monoisotopic (exact) mass is 459 g/mol. The van der Waals surface area contributed by atoms with Crippen LogP contribution in [0.5, 0.6) is 0 Å². The number of hydrogen-bond donors (Lipinski definition) is 1. The van der Waals surface area contributed by atoms with Crippen molar-refractivity contribution in [2.75, 3.05) is 26.2 Å². The maximum absolute atomic E-state index is 13.4. The summed E-state index contributed by atoms with van der Waals surface area (Å²) in [4.78, 5) is 42.9. The average Bonchev–Trinajstić information content (AvgIpc) is 3.10. The molecule has 8 nitrogen and oxygen atoms in total. The van der Waals surface area contributed by atoms with Gasteiger partial charge in [0.15, 0.2) is 5.69 Å². The van der Waals surface area contributed by atoms with E-state index in [9.17, 15) is 14.4 Å². The molecule has 0 aromatic carbocycles. The number of aryl methyl sites for hydroxylation is 1. The second-order valence-electron chi connectivity index (χ2n) is 10.3. The Morgan fingerprint density at radius 1 is 1.12 bits per heavy atom. The topological polar surface area (TPSA) is 87.5 Å². The minimum atomic E-state index is -0.163. The van der Waals surface area contributed by atoms with Gasteiger partial charge in [-0.15, -0.1) is 0 Å². The highest BCUT2D eigenvalue weighted by Crippen LogP contribution is 2.28. The Morgan fingerprint density at radius 3 is 2.55 bits per heavy atom. The third-order valence-corrected chi connectivity index (χ3v) is 6.87. The van der Waals surface area contributed by atoms with Crippen molar-refractivity contribution in [3.63, 3.8) is 0 Å². The van der Waals surface area contributed by atoms with E-state index in [4.69, 9.17) is 0 Å². The Bertz CT molecular complexity index is 860. The predicted molar refractivity (Wildman–Crippen MR) is 128 cm³/mol. The van der Waals surface area contributed by atoms with Crippen molar-refractivity contribution in [2.45, 2.75) is 78.7 Å². The summed E-state index contributed by atoms with van der Waals surface area (Å²) in [6.45, 7) is 10.5. The van der Waals surface area contributed by atoms with Gasteiger partial charge in [-0.25, -0.2) is 0 Å². The summed E-state index contributed by atoms with van der Waals surface area (Å²) in [5.41, 5.74) is 2.57. The van der Waals surface area contributed by atoms with E-state index >= 15 is 0 Å². The molecule has 33 heavy (non-hydrogen) atoms. The van der Waals surface area contributed by atoms with Crippen LogP contribution in [0.2, 0.25) is 0 Å². The van der Waals surface area contributed by atoms with E-state index in [0.29, 0.717) is 56.9 Å². The molecule has 1 unspecified atom stereocenters. The summed E-state index contributed by atoms with van der Waals surface area (Å²) in [5, 5.41) is 7.54. The number of fused-ring (bicyclic) bond motifs is 1. The molecule has 184 valence electrons. The molecule has 0 saturated carbocycles. The van der Waals surface area contributed by atoms with Crippen molar-refractivity contribution in [1.29, 1.82) is 0 Å². The van der Waals surface area contributed by atoms with Crippen LogP contribution in [-0.4, -0.2) is 69.5 Å². The van der Waals surface area contributed by atoms with Crippen molar-refractivity contribution in [3.05, 3.63) is 17.0 Å². The van der Waals surface area contributed by atoms with Gasteiger partial charge in [0, 0.05) is 62.9 Å². The van der Waals surface area contributed by atoms with Crippen LogP contribution in [-0.2, 0) is 29.5 Å². The maximum atomic E-state index is 13.4. The lowest BCUT2D eigenvalue weighted by molar-refractivity contribution is -0.137. The van der Waals surface area contributed by atoms with Crippen LogP contribution in [0.4, 0.5) is 0 Å². The molecule has 2 aliphatic rings. The second kappa shape index (κ2) is 11.2. The summed E-state index contributed by atoms with van der Waals surface area (Å²) in [6.07, 6.45) is 5.12. The lowest BCUT2D eigenvalue weighted by Gasteiger charge is -2.35. The first-order valence-corrected chi connectivity index (χ1v) is 12.6. The van der Waals surface area contributed by atoms with Gasteiger partial charge in [-0.2, -0.15) is 5.10 Å². The average molecular weight is 460 g/mol. The zero-order valence-electron chi connectivity index (χ0n) is 21.0. The smallest absolute Gasteiger partial charge is 0.272 e. The molecule has 2 bridgehead atoms. The van der Waals surface area contributed by atoms with Crippen LogP contribution in [0, 0.1) is 11.8 Å². The van der Waals surface area contributed by atoms with Gasteiger partial charge in [0.25, 0.3) is 5.91 Å². The van der Waals surface area contributed by atoms with Crippen LogP contribution in [0.3, 0.4) is 0 Å². The fraction of sp³-hybridized carbons (Fsp3) is 0.760. The first-order chi connectivity index (χ1) is 15.7. The van der Waals surface area contributed by atoms with Gasteiger partial charge >= 0.3 is 0 Å². The first-order valence-electron chi connectivity index (χ1n) is 12.6. The number of amides is 3. The summed E-state index contributed by atoms with van der Waals surface area (Å²) in [6, 6.07) is 0.0815. The molecule has 3 rings (SSSR count). The van der Waals surface area contributed by atoms with Crippen LogP contribution in [0.25, 0.3) is 0 Å². The number of rotatable bonds is 4. The van der Waals surface area contributed by atoms with Crippen LogP contribution >= 0.6 is 0 Å². The van der Waals surface area contributed by atoms with Gasteiger partial charge < -0.3 is 15.1 Å². The lowest BCUT2D eigenvalue weighted by atomic mass is 9.89. The highest BCUT2D eigenvalue weighted by Gasteiger charge is 2.33. The van der Waals surface area contributed by atoms with Crippen molar-refractivity contribution in [2.24, 2.45) is 18.9 Å². The molecule has 0 fully saturated rings. The minimum absolute atomic E-state index is 0.0815. The van der Waals surface area contributed by atoms with Crippen LogP contribution in [0.1, 0.15) is 81.5 Å². The number of nitrogens with zero attached hydrogens (tertiary/aromatic N) is 4. The normalized spacial score (nSPS) is 20.6. The number of carbonyl (C=O) groups is 3. The van der Waals surface area contributed by atoms with Crippen molar-refractivity contribution >= 4 is 17.7 Å². The van der Waals surface area contributed by atoms with Crippen LogP contribution in [0.15, 0.2) is 0 Å². The first kappa shape index (κ1) is 25.2. The van der Waals surface area contributed by atoms with E-state index in [1.807, 2.05) is 35.4 Å². The number of carbonyl (C=O) groups excluding carboxylic acids is 3. The highest BCUT2D eigenvalue weighted by molar-refractivity contribution is 5.94. The quantitative estimate of drug-likeness (QED) is 0.750. The zero-order valence-corrected chi connectivity index (χ0v) is 21.0. The van der Waals surface area contributed by atoms with Gasteiger partial charge in [0.2, 0.25) is 11.8 Å². The third-order valence-electron chi connectivity index (χ3n) is 6.87. The standard InChI is InChI=1S/C25H41N5O3/c1-17(2)11-15-30-19-9-10-21-20(16-19)23(27-28(21)5)24(32)26-12-7-14-29(25(33)18(3)4)13-6-8-22(30)31/h17-19H,6-16H2,1-5H3,(H,26,32). The van der Waals surface area contributed by atoms with Crippen molar-refractivity contribution < 1.29 is 14.4 Å². The maximum Gasteiger partial charge on any atom is 0.272 e. The minimum Gasteiger partial charge on any atom is -0.351 e. The molecule has 0 spiro atoms. The Morgan fingerprint density at radius 2 is 1.85 bits per heavy atom.